The van der Waals surface area contributed by atoms with Crippen molar-refractivity contribution in [2.75, 3.05) is 0 Å². The average Bonchev–Trinajstić information content (AvgIpc) is 2.29. The largest absolute Gasteiger partial charge is 0.296 e. The molecule has 1 amide bonds. The summed E-state index contributed by atoms with van der Waals surface area (Å²) in [6.45, 7) is 3.55. The Balaban J connectivity index is 2.17. The number of hydrogen-bond acceptors (Lipinski definition) is 3. The fraction of sp³-hybridized carbons (Fsp3) is 0.385. The van der Waals surface area contributed by atoms with Crippen LogP contribution in [0, 0.1) is 0 Å². The predicted molar refractivity (Wildman–Crippen MR) is 66.8 cm³/mol. The first-order valence-electron chi connectivity index (χ1n) is 5.66. The topological polar surface area (TPSA) is 46.6 Å². The van der Waals surface area contributed by atoms with Crippen LogP contribution in [0.4, 0.5) is 0 Å². The van der Waals surface area contributed by atoms with Crippen LogP contribution in [0.25, 0.3) is 0 Å². The number of hydroxylamine groups is 2. The lowest BCUT2D eigenvalue weighted by Gasteiger charge is -2.35. The number of halogens is 1. The van der Waals surface area contributed by atoms with Gasteiger partial charge in [0.2, 0.25) is 0 Å². The number of carbonyl (C=O) groups is 2. The zero-order chi connectivity index (χ0) is 13.3. The number of amides is 1. The highest BCUT2D eigenvalue weighted by Crippen LogP contribution is 2.25. The third kappa shape index (κ3) is 2.54. The zero-order valence-electron chi connectivity index (χ0n) is 10.3. The number of nitrogens with zero attached hydrogens (tertiary/aromatic N) is 1. The van der Waals surface area contributed by atoms with E-state index in [1.54, 1.807) is 19.9 Å². The van der Waals surface area contributed by atoms with Crippen LogP contribution in [0.5, 0.6) is 0 Å². The Morgan fingerprint density at radius 2 is 2.00 bits per heavy atom. The van der Waals surface area contributed by atoms with Crippen molar-refractivity contribution < 1.29 is 14.4 Å². The first-order valence-corrected chi connectivity index (χ1v) is 6.04. The maximum absolute atomic E-state index is 11.7. The number of ketones is 1. The third-order valence-electron chi connectivity index (χ3n) is 2.87. The molecule has 0 unspecified atom stereocenters. The quantitative estimate of drug-likeness (QED) is 0.773. The van der Waals surface area contributed by atoms with Gasteiger partial charge in [-0.05, 0) is 25.5 Å². The number of hydrogen-bond donors (Lipinski definition) is 0. The minimum Gasteiger partial charge on any atom is -0.296 e. The van der Waals surface area contributed by atoms with Crippen LogP contribution in [-0.4, -0.2) is 22.4 Å². The van der Waals surface area contributed by atoms with Crippen LogP contribution in [0.2, 0.25) is 5.02 Å². The van der Waals surface area contributed by atoms with Crippen molar-refractivity contribution in [3.63, 3.8) is 0 Å². The molecule has 0 spiro atoms. The fourth-order valence-corrected chi connectivity index (χ4v) is 1.91. The second kappa shape index (κ2) is 4.71. The van der Waals surface area contributed by atoms with E-state index in [0.717, 1.165) is 5.56 Å². The Morgan fingerprint density at radius 1 is 1.33 bits per heavy atom. The zero-order valence-corrected chi connectivity index (χ0v) is 11.0. The van der Waals surface area contributed by atoms with Gasteiger partial charge in [0.1, 0.15) is 5.60 Å². The molecule has 0 N–H and O–H groups in total. The molecule has 2 rings (SSSR count). The van der Waals surface area contributed by atoms with Crippen LogP contribution in [0.1, 0.15) is 25.8 Å². The Morgan fingerprint density at radius 3 is 2.67 bits per heavy atom. The Kier molecular flexibility index (Phi) is 3.41. The van der Waals surface area contributed by atoms with Gasteiger partial charge in [0.05, 0.1) is 13.0 Å². The standard InChI is InChI=1S/C13H14ClNO3/c1-13(2)11(16)7-12(17)15(18-13)8-9-5-3-4-6-10(9)14/h3-6H,7-8H2,1-2H3. The Bertz CT molecular complexity index is 499. The third-order valence-corrected chi connectivity index (χ3v) is 3.24. The van der Waals surface area contributed by atoms with E-state index in [9.17, 15) is 9.59 Å². The monoisotopic (exact) mass is 267 g/mol. The Labute approximate surface area is 110 Å². The molecular weight excluding hydrogens is 254 g/mol. The lowest BCUT2D eigenvalue weighted by atomic mass is 9.99. The van der Waals surface area contributed by atoms with Crippen LogP contribution in [0.3, 0.4) is 0 Å². The number of Topliss-reactive ketones (excluding diaryl/α,β-unsaturated/α-hetero) is 1. The first-order chi connectivity index (χ1) is 8.40. The van der Waals surface area contributed by atoms with E-state index in [1.165, 1.54) is 5.06 Å². The molecule has 0 saturated carbocycles. The van der Waals surface area contributed by atoms with E-state index in [2.05, 4.69) is 0 Å². The molecule has 1 aromatic carbocycles. The molecule has 0 radical (unpaired) electrons. The number of rotatable bonds is 2. The van der Waals surface area contributed by atoms with Crippen molar-refractivity contribution in [2.45, 2.75) is 32.4 Å². The fourth-order valence-electron chi connectivity index (χ4n) is 1.72. The lowest BCUT2D eigenvalue weighted by Crippen LogP contribution is -2.51. The van der Waals surface area contributed by atoms with Gasteiger partial charge in [-0.25, -0.2) is 5.06 Å². The molecule has 96 valence electrons. The van der Waals surface area contributed by atoms with Crippen molar-refractivity contribution in [3.05, 3.63) is 34.9 Å². The van der Waals surface area contributed by atoms with Crippen molar-refractivity contribution >= 4 is 23.3 Å². The van der Waals surface area contributed by atoms with Gasteiger partial charge in [0.15, 0.2) is 5.78 Å². The van der Waals surface area contributed by atoms with Gasteiger partial charge in [-0.1, -0.05) is 29.8 Å². The molecule has 1 aromatic rings. The number of carbonyl (C=O) groups excluding carboxylic acids is 2. The molecule has 4 nitrogen and oxygen atoms in total. The van der Waals surface area contributed by atoms with Crippen molar-refractivity contribution in [3.8, 4) is 0 Å². The molecule has 18 heavy (non-hydrogen) atoms. The van der Waals surface area contributed by atoms with E-state index >= 15 is 0 Å². The van der Waals surface area contributed by atoms with Gasteiger partial charge in [-0.15, -0.1) is 0 Å². The van der Waals surface area contributed by atoms with Crippen molar-refractivity contribution in [2.24, 2.45) is 0 Å². The summed E-state index contributed by atoms with van der Waals surface area (Å²) in [5.74, 6) is -0.540. The second-order valence-corrected chi connectivity index (χ2v) is 5.13. The molecule has 0 bridgehead atoms. The highest BCUT2D eigenvalue weighted by molar-refractivity contribution is 6.31. The van der Waals surface area contributed by atoms with Gasteiger partial charge in [-0.3, -0.25) is 14.4 Å². The van der Waals surface area contributed by atoms with E-state index in [4.69, 9.17) is 16.4 Å². The molecule has 5 heteroatoms. The highest BCUT2D eigenvalue weighted by Gasteiger charge is 2.40. The van der Waals surface area contributed by atoms with E-state index in [1.807, 2.05) is 18.2 Å². The predicted octanol–water partition coefficient (Wildman–Crippen LogP) is 2.35. The van der Waals surface area contributed by atoms with Crippen molar-refractivity contribution in [1.29, 1.82) is 0 Å². The van der Waals surface area contributed by atoms with Crippen LogP contribution in [-0.2, 0) is 21.0 Å². The van der Waals surface area contributed by atoms with Gasteiger partial charge < -0.3 is 0 Å². The molecule has 0 aromatic heterocycles. The highest BCUT2D eigenvalue weighted by atomic mass is 35.5. The van der Waals surface area contributed by atoms with E-state index in [-0.39, 0.29) is 24.7 Å². The van der Waals surface area contributed by atoms with Gasteiger partial charge in [0, 0.05) is 5.02 Å². The molecule has 1 saturated heterocycles. The summed E-state index contributed by atoms with van der Waals surface area (Å²) >= 11 is 6.03. The summed E-state index contributed by atoms with van der Waals surface area (Å²) in [5, 5.41) is 1.78. The minimum atomic E-state index is -0.963. The summed E-state index contributed by atoms with van der Waals surface area (Å²) in [6.07, 6.45) is -0.128. The van der Waals surface area contributed by atoms with Gasteiger partial charge in [-0.2, -0.15) is 0 Å². The molecule has 1 heterocycles. The number of benzene rings is 1. The second-order valence-electron chi connectivity index (χ2n) is 4.72. The Hall–Kier alpha value is -1.39. The average molecular weight is 268 g/mol. The van der Waals surface area contributed by atoms with Crippen molar-refractivity contribution in [1.82, 2.24) is 5.06 Å². The molecule has 0 aliphatic carbocycles. The van der Waals surface area contributed by atoms with E-state index in [0.29, 0.717) is 5.02 Å². The van der Waals surface area contributed by atoms with Gasteiger partial charge >= 0.3 is 0 Å². The van der Waals surface area contributed by atoms with Gasteiger partial charge in [0.25, 0.3) is 5.91 Å². The maximum Gasteiger partial charge on any atom is 0.254 e. The molecule has 1 aliphatic rings. The summed E-state index contributed by atoms with van der Waals surface area (Å²) in [5.41, 5.74) is -0.174. The summed E-state index contributed by atoms with van der Waals surface area (Å²) in [7, 11) is 0. The van der Waals surface area contributed by atoms with Crippen LogP contribution in [0.15, 0.2) is 24.3 Å². The normalized spacial score (nSPS) is 19.2. The molecule has 0 atom stereocenters. The SMILES string of the molecule is CC1(C)ON(Cc2ccccc2Cl)C(=O)CC1=O. The molecule has 1 aliphatic heterocycles. The molecular formula is C13H14ClNO3. The summed E-state index contributed by atoms with van der Waals surface area (Å²) in [4.78, 5) is 28.8. The summed E-state index contributed by atoms with van der Waals surface area (Å²) in [6, 6.07) is 7.23. The van der Waals surface area contributed by atoms with Crippen LogP contribution >= 0.6 is 11.6 Å². The smallest absolute Gasteiger partial charge is 0.254 e. The van der Waals surface area contributed by atoms with Crippen LogP contribution < -0.4 is 0 Å². The molecule has 1 fully saturated rings. The maximum atomic E-state index is 11.7. The lowest BCUT2D eigenvalue weighted by molar-refractivity contribution is -0.243. The van der Waals surface area contributed by atoms with E-state index < -0.39 is 5.60 Å². The first kappa shape index (κ1) is 13.1. The summed E-state index contributed by atoms with van der Waals surface area (Å²) < 4.78 is 0. The minimum absolute atomic E-state index is 0.128.